The number of benzene rings is 2. The van der Waals surface area contributed by atoms with Crippen molar-refractivity contribution in [2.45, 2.75) is 64.4 Å². The zero-order valence-corrected chi connectivity index (χ0v) is 20.4. The zero-order valence-electron chi connectivity index (χ0n) is 18.8. The number of ether oxygens (including phenoxy) is 1. The van der Waals surface area contributed by atoms with E-state index in [0.717, 1.165) is 11.1 Å². The summed E-state index contributed by atoms with van der Waals surface area (Å²) in [6.07, 6.45) is 1.30. The molecule has 1 aliphatic rings. The molecule has 5 nitrogen and oxygen atoms in total. The lowest BCUT2D eigenvalue weighted by atomic mass is 9.60. The molecule has 0 heterocycles. The molecule has 3 rings (SSSR count). The number of rotatable bonds is 7. The van der Waals surface area contributed by atoms with Crippen LogP contribution >= 0.6 is 15.9 Å². The lowest BCUT2D eigenvalue weighted by Gasteiger charge is -2.43. The molecule has 1 fully saturated rings. The second-order valence-electron chi connectivity index (χ2n) is 9.16. The van der Waals surface area contributed by atoms with Crippen LogP contribution in [0.25, 0.3) is 0 Å². The van der Waals surface area contributed by atoms with E-state index in [9.17, 15) is 23.5 Å². The zero-order chi connectivity index (χ0) is 24.4. The van der Waals surface area contributed by atoms with Crippen molar-refractivity contribution in [1.82, 2.24) is 0 Å². The minimum Gasteiger partial charge on any atom is -0.481 e. The Bertz CT molecular complexity index is 1030. The summed E-state index contributed by atoms with van der Waals surface area (Å²) >= 11 is 3.23. The summed E-state index contributed by atoms with van der Waals surface area (Å²) < 4.78 is 31.1. The second kappa shape index (κ2) is 9.79. The van der Waals surface area contributed by atoms with Crippen LogP contribution in [0.15, 0.2) is 46.9 Å². The van der Waals surface area contributed by atoms with E-state index in [2.05, 4.69) is 26.0 Å². The number of carbonyl (C=O) groups is 2. The Morgan fingerprint density at radius 2 is 1.73 bits per heavy atom. The Balaban J connectivity index is 2.05. The number of carboxylic acids is 1. The van der Waals surface area contributed by atoms with E-state index in [4.69, 9.17) is 0 Å². The summed E-state index contributed by atoms with van der Waals surface area (Å²) in [5, 5.41) is 12.5. The van der Waals surface area contributed by atoms with Gasteiger partial charge in [0.05, 0.1) is 16.5 Å². The number of alkyl halides is 2. The molecule has 0 bridgehead atoms. The minimum absolute atomic E-state index is 0.136. The fourth-order valence-corrected chi connectivity index (χ4v) is 4.87. The van der Waals surface area contributed by atoms with Crippen molar-refractivity contribution in [1.29, 1.82) is 0 Å². The van der Waals surface area contributed by atoms with Crippen molar-refractivity contribution >= 4 is 33.5 Å². The minimum atomic E-state index is -3.04. The first-order valence-electron chi connectivity index (χ1n) is 10.9. The molecule has 0 unspecified atom stereocenters. The van der Waals surface area contributed by atoms with Gasteiger partial charge in [-0.1, -0.05) is 54.0 Å². The Hall–Kier alpha value is -2.48. The van der Waals surface area contributed by atoms with Crippen LogP contribution in [0.1, 0.15) is 63.5 Å². The second-order valence-corrected chi connectivity index (χ2v) is 10.1. The SMILES string of the molecule is CC(C)c1ccccc1C1(C(=O)Nc2ccc(Br)cc2OC(F)F)CCC(C)(C(=O)O)CC1. The Kier molecular flexibility index (Phi) is 7.46. The summed E-state index contributed by atoms with van der Waals surface area (Å²) in [4.78, 5) is 25.7. The van der Waals surface area contributed by atoms with Crippen LogP contribution < -0.4 is 10.1 Å². The highest BCUT2D eigenvalue weighted by Gasteiger charge is 2.50. The normalized spacial score (nSPS) is 22.9. The predicted octanol–water partition coefficient (Wildman–Crippen LogP) is 6.72. The van der Waals surface area contributed by atoms with Crippen LogP contribution in [0.2, 0.25) is 0 Å². The van der Waals surface area contributed by atoms with Gasteiger partial charge in [-0.2, -0.15) is 8.78 Å². The summed E-state index contributed by atoms with van der Waals surface area (Å²) in [6, 6.07) is 12.2. The van der Waals surface area contributed by atoms with Crippen LogP contribution in [0.4, 0.5) is 14.5 Å². The maximum atomic E-state index is 13.9. The van der Waals surface area contributed by atoms with E-state index in [1.54, 1.807) is 13.0 Å². The number of amides is 1. The fourth-order valence-electron chi connectivity index (χ4n) is 4.53. The third-order valence-electron chi connectivity index (χ3n) is 6.66. The predicted molar refractivity (Wildman–Crippen MR) is 126 cm³/mol. The van der Waals surface area contributed by atoms with Crippen LogP contribution in [-0.4, -0.2) is 23.6 Å². The molecule has 0 aliphatic heterocycles. The van der Waals surface area contributed by atoms with Crippen molar-refractivity contribution in [3.05, 3.63) is 58.1 Å². The third kappa shape index (κ3) is 5.21. The number of carbonyl (C=O) groups excluding carboxylic acids is 1. The number of hydrogen-bond acceptors (Lipinski definition) is 3. The van der Waals surface area contributed by atoms with Gasteiger partial charge in [-0.25, -0.2) is 0 Å². The van der Waals surface area contributed by atoms with Crippen molar-refractivity contribution in [2.24, 2.45) is 5.41 Å². The largest absolute Gasteiger partial charge is 0.481 e. The standard InChI is InChI=1S/C25H28BrF2NO4/c1-15(2)17-6-4-5-7-18(17)25(12-10-24(3,11-13-25)22(31)32)21(30)29-19-9-8-16(26)14-20(19)33-23(27)28/h4-9,14-15,23H,10-13H2,1-3H3,(H,29,30)(H,31,32). The number of nitrogens with one attached hydrogen (secondary N) is 1. The number of aliphatic carboxylic acids is 1. The maximum absolute atomic E-state index is 13.9. The van der Waals surface area contributed by atoms with Crippen LogP contribution in [0, 0.1) is 5.41 Å². The van der Waals surface area contributed by atoms with Gasteiger partial charge in [0.25, 0.3) is 0 Å². The molecular formula is C25H28BrF2NO4. The number of anilines is 1. The fraction of sp³-hybridized carbons (Fsp3) is 0.440. The first-order valence-corrected chi connectivity index (χ1v) is 11.7. The van der Waals surface area contributed by atoms with Crippen molar-refractivity contribution in [3.8, 4) is 5.75 Å². The molecule has 33 heavy (non-hydrogen) atoms. The molecular weight excluding hydrogens is 496 g/mol. The highest BCUT2D eigenvalue weighted by molar-refractivity contribution is 9.10. The van der Waals surface area contributed by atoms with Crippen molar-refractivity contribution < 1.29 is 28.2 Å². The first kappa shape index (κ1) is 25.1. The van der Waals surface area contributed by atoms with E-state index >= 15 is 0 Å². The van der Waals surface area contributed by atoms with Gasteiger partial charge in [0, 0.05) is 4.47 Å². The molecule has 1 amide bonds. The summed E-state index contributed by atoms with van der Waals surface area (Å²) in [6.45, 7) is 2.74. The molecule has 2 aromatic rings. The van der Waals surface area contributed by atoms with Gasteiger partial charge in [0.2, 0.25) is 5.91 Å². The average Bonchev–Trinajstić information content (AvgIpc) is 2.75. The van der Waals surface area contributed by atoms with Crippen LogP contribution in [0.5, 0.6) is 5.75 Å². The monoisotopic (exact) mass is 523 g/mol. The Labute approximate surface area is 200 Å². The van der Waals surface area contributed by atoms with E-state index in [1.807, 2.05) is 38.1 Å². The molecule has 0 aromatic heterocycles. The lowest BCUT2D eigenvalue weighted by Crippen LogP contribution is -2.47. The summed E-state index contributed by atoms with van der Waals surface area (Å²) in [5.41, 5.74) is 0.0737. The number of hydrogen-bond donors (Lipinski definition) is 2. The third-order valence-corrected chi connectivity index (χ3v) is 7.16. The molecule has 0 saturated heterocycles. The molecule has 0 spiro atoms. The number of halogens is 3. The topological polar surface area (TPSA) is 75.6 Å². The lowest BCUT2D eigenvalue weighted by molar-refractivity contribution is -0.151. The van der Waals surface area contributed by atoms with Crippen LogP contribution in [0.3, 0.4) is 0 Å². The van der Waals surface area contributed by atoms with E-state index in [0.29, 0.717) is 30.2 Å². The van der Waals surface area contributed by atoms with Gasteiger partial charge < -0.3 is 15.2 Å². The molecule has 2 N–H and O–H groups in total. The highest BCUT2D eigenvalue weighted by atomic mass is 79.9. The first-order chi connectivity index (χ1) is 15.5. The maximum Gasteiger partial charge on any atom is 0.387 e. The van der Waals surface area contributed by atoms with Gasteiger partial charge >= 0.3 is 12.6 Å². The van der Waals surface area contributed by atoms with Gasteiger partial charge in [0.1, 0.15) is 0 Å². The molecule has 0 radical (unpaired) electrons. The molecule has 1 aliphatic carbocycles. The summed E-state index contributed by atoms with van der Waals surface area (Å²) in [7, 11) is 0. The molecule has 178 valence electrons. The Morgan fingerprint density at radius 1 is 1.09 bits per heavy atom. The van der Waals surface area contributed by atoms with Gasteiger partial charge in [-0.3, -0.25) is 9.59 Å². The molecule has 8 heteroatoms. The van der Waals surface area contributed by atoms with Gasteiger partial charge in [-0.05, 0) is 67.9 Å². The van der Waals surface area contributed by atoms with Gasteiger partial charge in [-0.15, -0.1) is 0 Å². The quantitative estimate of drug-likeness (QED) is 0.422. The smallest absolute Gasteiger partial charge is 0.387 e. The summed E-state index contributed by atoms with van der Waals surface area (Å²) in [5.74, 6) is -1.24. The van der Waals surface area contributed by atoms with E-state index in [1.165, 1.54) is 12.1 Å². The van der Waals surface area contributed by atoms with Gasteiger partial charge in [0.15, 0.2) is 5.75 Å². The van der Waals surface area contributed by atoms with E-state index < -0.39 is 23.4 Å². The Morgan fingerprint density at radius 3 is 2.30 bits per heavy atom. The number of carboxylic acid groups (broad SMARTS) is 1. The average molecular weight is 524 g/mol. The highest BCUT2D eigenvalue weighted by Crippen LogP contribution is 2.49. The molecule has 0 atom stereocenters. The van der Waals surface area contributed by atoms with Crippen LogP contribution in [-0.2, 0) is 15.0 Å². The van der Waals surface area contributed by atoms with Crippen molar-refractivity contribution in [3.63, 3.8) is 0 Å². The van der Waals surface area contributed by atoms with Crippen molar-refractivity contribution in [2.75, 3.05) is 5.32 Å². The van der Waals surface area contributed by atoms with E-state index in [-0.39, 0.29) is 23.3 Å². The molecule has 2 aromatic carbocycles. The molecule has 1 saturated carbocycles.